The summed E-state index contributed by atoms with van der Waals surface area (Å²) in [5.74, 6) is 0. The first-order chi connectivity index (χ1) is 7.83. The quantitative estimate of drug-likeness (QED) is 0.742. The zero-order chi connectivity index (χ0) is 13.2. The Kier molecular flexibility index (Phi) is 5.22. The van der Waals surface area contributed by atoms with E-state index in [1.807, 2.05) is 6.92 Å². The molecule has 3 nitrogen and oxygen atoms in total. The highest BCUT2D eigenvalue weighted by Crippen LogP contribution is 2.25. The molecule has 0 atom stereocenters. The molecule has 1 rings (SSSR count). The molecule has 0 N–H and O–H groups in total. The van der Waals surface area contributed by atoms with E-state index in [2.05, 4.69) is 74.4 Å². The minimum absolute atomic E-state index is 0.135. The maximum atomic E-state index is 4.52. The predicted molar refractivity (Wildman–Crippen MR) is 79.7 cm³/mol. The molecule has 0 unspecified atom stereocenters. The van der Waals surface area contributed by atoms with Crippen LogP contribution in [0.5, 0.6) is 0 Å². The van der Waals surface area contributed by atoms with Crippen LogP contribution in [0.1, 0.15) is 32.2 Å². The number of nitrogens with zero attached hydrogens (tertiary/aromatic N) is 3. The van der Waals surface area contributed by atoms with Gasteiger partial charge in [-0.15, -0.1) is 0 Å². The number of aryl methyl sites for hydroxylation is 2. The molecule has 0 aliphatic rings. The molecule has 0 aromatic carbocycles. The second kappa shape index (κ2) is 5.85. The monoisotopic (exact) mass is 365 g/mol. The number of hydrogen-bond acceptors (Lipinski definition) is 2. The van der Waals surface area contributed by atoms with Crippen LogP contribution in [0.25, 0.3) is 0 Å². The fourth-order valence-corrected chi connectivity index (χ4v) is 2.40. The Morgan fingerprint density at radius 3 is 2.47 bits per heavy atom. The van der Waals surface area contributed by atoms with Gasteiger partial charge in [-0.3, -0.25) is 9.58 Å². The maximum absolute atomic E-state index is 4.52. The van der Waals surface area contributed by atoms with Crippen LogP contribution >= 0.6 is 31.9 Å². The summed E-state index contributed by atoms with van der Waals surface area (Å²) in [6.07, 6.45) is 0. The summed E-state index contributed by atoms with van der Waals surface area (Å²) in [7, 11) is 2.15. The number of aromatic nitrogens is 2. The largest absolute Gasteiger partial charge is 0.295 e. The first kappa shape index (κ1) is 15.2. The van der Waals surface area contributed by atoms with Crippen molar-refractivity contribution in [1.82, 2.24) is 14.7 Å². The highest BCUT2D eigenvalue weighted by atomic mass is 79.9. The van der Waals surface area contributed by atoms with Gasteiger partial charge in [0.15, 0.2) is 0 Å². The van der Waals surface area contributed by atoms with Crippen molar-refractivity contribution < 1.29 is 0 Å². The number of rotatable bonds is 5. The van der Waals surface area contributed by atoms with E-state index in [-0.39, 0.29) is 5.54 Å². The fourth-order valence-electron chi connectivity index (χ4n) is 1.56. The lowest BCUT2D eigenvalue weighted by molar-refractivity contribution is 0.168. The minimum Gasteiger partial charge on any atom is -0.295 e. The lowest BCUT2D eigenvalue weighted by Gasteiger charge is -2.34. The Morgan fingerprint density at radius 2 is 2.00 bits per heavy atom. The molecule has 0 aliphatic carbocycles. The molecule has 1 aromatic rings. The van der Waals surface area contributed by atoms with Gasteiger partial charge in [-0.05, 0) is 50.7 Å². The molecule has 0 amide bonds. The van der Waals surface area contributed by atoms with Gasteiger partial charge in [-0.1, -0.05) is 15.9 Å². The molecular formula is C12H21Br2N3. The summed E-state index contributed by atoms with van der Waals surface area (Å²) in [4.78, 5) is 2.34. The molecule has 0 saturated carbocycles. The van der Waals surface area contributed by atoms with E-state index in [0.29, 0.717) is 0 Å². The molecule has 0 radical (unpaired) electrons. The van der Waals surface area contributed by atoms with Crippen LogP contribution in [0.15, 0.2) is 4.47 Å². The van der Waals surface area contributed by atoms with Gasteiger partial charge in [-0.2, -0.15) is 5.10 Å². The van der Waals surface area contributed by atoms with Crippen molar-refractivity contribution in [3.05, 3.63) is 15.9 Å². The van der Waals surface area contributed by atoms with Crippen molar-refractivity contribution >= 4 is 31.9 Å². The summed E-state index contributed by atoms with van der Waals surface area (Å²) in [6, 6.07) is 0. The molecule has 0 aliphatic heterocycles. The van der Waals surface area contributed by atoms with Gasteiger partial charge in [0.1, 0.15) is 0 Å². The van der Waals surface area contributed by atoms with Crippen LogP contribution in [0.2, 0.25) is 0 Å². The molecule has 17 heavy (non-hydrogen) atoms. The second-order valence-electron chi connectivity index (χ2n) is 4.96. The molecule has 5 heteroatoms. The van der Waals surface area contributed by atoms with Crippen molar-refractivity contribution in [1.29, 1.82) is 0 Å². The van der Waals surface area contributed by atoms with Crippen LogP contribution in [0.4, 0.5) is 0 Å². The minimum atomic E-state index is 0.135. The van der Waals surface area contributed by atoms with Gasteiger partial charge >= 0.3 is 0 Å². The second-order valence-corrected chi connectivity index (χ2v) is 6.32. The van der Waals surface area contributed by atoms with Gasteiger partial charge in [0.2, 0.25) is 0 Å². The molecular weight excluding hydrogens is 346 g/mol. The van der Waals surface area contributed by atoms with E-state index in [9.17, 15) is 0 Å². The normalized spacial score (nSPS) is 12.5. The highest BCUT2D eigenvalue weighted by molar-refractivity contribution is 9.10. The van der Waals surface area contributed by atoms with E-state index in [1.54, 1.807) is 0 Å². The average molecular weight is 367 g/mol. The van der Waals surface area contributed by atoms with Crippen molar-refractivity contribution in [2.45, 2.75) is 46.3 Å². The van der Waals surface area contributed by atoms with E-state index >= 15 is 0 Å². The topological polar surface area (TPSA) is 21.1 Å². The van der Waals surface area contributed by atoms with E-state index < -0.39 is 0 Å². The molecule has 0 bridgehead atoms. The van der Waals surface area contributed by atoms with Gasteiger partial charge in [0.05, 0.1) is 15.9 Å². The third-order valence-corrected chi connectivity index (χ3v) is 5.60. The number of halogens is 2. The summed E-state index contributed by atoms with van der Waals surface area (Å²) in [5.41, 5.74) is 2.45. The lowest BCUT2D eigenvalue weighted by atomic mass is 10.1. The maximum Gasteiger partial charge on any atom is 0.0739 e. The highest BCUT2D eigenvalue weighted by Gasteiger charge is 2.24. The van der Waals surface area contributed by atoms with Crippen molar-refractivity contribution in [3.63, 3.8) is 0 Å². The van der Waals surface area contributed by atoms with Gasteiger partial charge in [0.25, 0.3) is 0 Å². The van der Waals surface area contributed by atoms with Crippen LogP contribution in [-0.4, -0.2) is 32.6 Å². The Bertz CT molecular complexity index is 385. The van der Waals surface area contributed by atoms with E-state index in [0.717, 1.165) is 28.6 Å². The zero-order valence-corrected chi connectivity index (χ0v) is 14.4. The van der Waals surface area contributed by atoms with Gasteiger partial charge in [-0.25, -0.2) is 0 Å². The van der Waals surface area contributed by atoms with Crippen molar-refractivity contribution in [3.8, 4) is 0 Å². The lowest BCUT2D eigenvalue weighted by Crippen LogP contribution is -2.42. The number of alkyl halides is 1. The Labute approximate surface area is 121 Å². The fraction of sp³-hybridized carbons (Fsp3) is 0.750. The first-order valence-corrected chi connectivity index (χ1v) is 7.74. The molecule has 0 fully saturated rings. The summed E-state index contributed by atoms with van der Waals surface area (Å²) in [5, 5.41) is 5.47. The van der Waals surface area contributed by atoms with Crippen LogP contribution in [0.3, 0.4) is 0 Å². The summed E-state index contributed by atoms with van der Waals surface area (Å²) in [6.45, 7) is 10.4. The molecule has 1 heterocycles. The number of hydrogen-bond donors (Lipinski definition) is 0. The molecule has 1 aromatic heterocycles. The standard InChI is InChI=1S/C12H21Br2N3/c1-6-17-10(11(14)9(2)15-17)7-16(5)12(3,4)8-13/h6-8H2,1-5H3. The van der Waals surface area contributed by atoms with E-state index in [1.165, 1.54) is 5.69 Å². The third-order valence-electron chi connectivity index (χ3n) is 3.20. The van der Waals surface area contributed by atoms with Crippen LogP contribution < -0.4 is 0 Å². The van der Waals surface area contributed by atoms with Crippen LogP contribution in [-0.2, 0) is 13.1 Å². The predicted octanol–water partition coefficient (Wildman–Crippen LogP) is 3.58. The van der Waals surface area contributed by atoms with Crippen LogP contribution in [0, 0.1) is 6.92 Å². The smallest absolute Gasteiger partial charge is 0.0739 e. The summed E-state index contributed by atoms with van der Waals surface area (Å²) < 4.78 is 3.21. The molecule has 0 spiro atoms. The third kappa shape index (κ3) is 3.32. The van der Waals surface area contributed by atoms with Gasteiger partial charge < -0.3 is 0 Å². The zero-order valence-electron chi connectivity index (χ0n) is 11.2. The van der Waals surface area contributed by atoms with Crippen molar-refractivity contribution in [2.75, 3.05) is 12.4 Å². The van der Waals surface area contributed by atoms with E-state index in [4.69, 9.17) is 0 Å². The Balaban J connectivity index is 2.95. The van der Waals surface area contributed by atoms with Crippen molar-refractivity contribution in [2.24, 2.45) is 0 Å². The van der Waals surface area contributed by atoms with Gasteiger partial charge in [0, 0.05) is 24.0 Å². The molecule has 0 saturated heterocycles. The first-order valence-electron chi connectivity index (χ1n) is 5.82. The summed E-state index contributed by atoms with van der Waals surface area (Å²) >= 11 is 7.21. The molecule has 98 valence electrons. The SMILES string of the molecule is CCn1nc(C)c(Br)c1CN(C)C(C)(C)CBr. The Hall–Kier alpha value is 0.130. The average Bonchev–Trinajstić information content (AvgIpc) is 2.56. The Morgan fingerprint density at radius 1 is 1.41 bits per heavy atom.